The van der Waals surface area contributed by atoms with Gasteiger partial charge in [-0.2, -0.15) is 0 Å². The highest BCUT2D eigenvalue weighted by Crippen LogP contribution is 2.36. The standard InChI is InChI=1S/C16H18N2OS/c1-16(2,3)14(19)13-12(11-7-5-4-6-8-11)17-15-18(13)9-10-20-15/h4-8H,9-10H2,1-3H3. The summed E-state index contributed by atoms with van der Waals surface area (Å²) >= 11 is 1.73. The van der Waals surface area contributed by atoms with Gasteiger partial charge in [0.1, 0.15) is 11.4 Å². The summed E-state index contributed by atoms with van der Waals surface area (Å²) in [5, 5.41) is 0.969. The number of Topliss-reactive ketones (excluding diaryl/α,β-unsaturated/α-hetero) is 1. The van der Waals surface area contributed by atoms with Crippen LogP contribution in [-0.2, 0) is 6.54 Å². The molecule has 2 aromatic rings. The minimum atomic E-state index is -0.395. The van der Waals surface area contributed by atoms with Crippen LogP contribution in [0.5, 0.6) is 0 Å². The number of carbonyl (C=O) groups is 1. The van der Waals surface area contributed by atoms with Crippen LogP contribution in [0.15, 0.2) is 35.5 Å². The number of thioether (sulfide) groups is 1. The highest BCUT2D eigenvalue weighted by atomic mass is 32.2. The molecule has 0 radical (unpaired) electrons. The molecule has 3 nitrogen and oxygen atoms in total. The van der Waals surface area contributed by atoms with E-state index in [2.05, 4.69) is 4.57 Å². The van der Waals surface area contributed by atoms with E-state index in [1.54, 1.807) is 11.8 Å². The molecule has 1 aromatic heterocycles. The first-order chi connectivity index (χ1) is 9.48. The number of aromatic nitrogens is 2. The summed E-state index contributed by atoms with van der Waals surface area (Å²) in [5.74, 6) is 1.17. The van der Waals surface area contributed by atoms with Crippen molar-refractivity contribution in [3.8, 4) is 11.3 Å². The van der Waals surface area contributed by atoms with E-state index in [1.165, 1.54) is 0 Å². The lowest BCUT2D eigenvalue weighted by Crippen LogP contribution is -2.24. The molecule has 1 aliphatic rings. The number of fused-ring (bicyclic) bond motifs is 1. The number of nitrogens with zero attached hydrogens (tertiary/aromatic N) is 2. The lowest BCUT2D eigenvalue weighted by atomic mass is 9.87. The highest BCUT2D eigenvalue weighted by Gasteiger charge is 2.32. The molecule has 1 aliphatic heterocycles. The summed E-state index contributed by atoms with van der Waals surface area (Å²) < 4.78 is 2.08. The van der Waals surface area contributed by atoms with Gasteiger partial charge < -0.3 is 4.57 Å². The van der Waals surface area contributed by atoms with Crippen molar-refractivity contribution in [3.63, 3.8) is 0 Å². The number of imidazole rings is 1. The van der Waals surface area contributed by atoms with Crippen LogP contribution in [0.4, 0.5) is 0 Å². The lowest BCUT2D eigenvalue weighted by molar-refractivity contribution is 0.0848. The maximum Gasteiger partial charge on any atom is 0.186 e. The van der Waals surface area contributed by atoms with Crippen molar-refractivity contribution in [2.45, 2.75) is 32.5 Å². The molecule has 0 saturated carbocycles. The SMILES string of the molecule is CC(C)(C)C(=O)c1c(-c2ccccc2)nc2n1CCS2. The van der Waals surface area contributed by atoms with Gasteiger partial charge in [-0.3, -0.25) is 4.79 Å². The summed E-state index contributed by atoms with van der Waals surface area (Å²) in [7, 11) is 0. The molecule has 0 unspecified atom stereocenters. The summed E-state index contributed by atoms with van der Waals surface area (Å²) in [6, 6.07) is 9.98. The van der Waals surface area contributed by atoms with Gasteiger partial charge in [0.15, 0.2) is 10.9 Å². The summed E-state index contributed by atoms with van der Waals surface area (Å²) in [4.78, 5) is 17.5. The lowest BCUT2D eigenvalue weighted by Gasteiger charge is -2.18. The van der Waals surface area contributed by atoms with E-state index >= 15 is 0 Å². The first-order valence-electron chi connectivity index (χ1n) is 6.82. The van der Waals surface area contributed by atoms with Gasteiger partial charge in [0.05, 0.1) is 0 Å². The minimum absolute atomic E-state index is 0.164. The van der Waals surface area contributed by atoms with Crippen molar-refractivity contribution >= 4 is 17.5 Å². The Kier molecular flexibility index (Phi) is 3.21. The molecule has 104 valence electrons. The fourth-order valence-corrected chi connectivity index (χ4v) is 3.31. The van der Waals surface area contributed by atoms with E-state index in [0.717, 1.165) is 34.4 Å². The number of hydrogen-bond donors (Lipinski definition) is 0. The number of ketones is 1. The molecule has 0 fully saturated rings. The Morgan fingerprint density at radius 1 is 1.25 bits per heavy atom. The fraction of sp³-hybridized carbons (Fsp3) is 0.375. The Bertz CT molecular complexity index is 653. The van der Waals surface area contributed by atoms with Gasteiger partial charge in [-0.1, -0.05) is 62.9 Å². The van der Waals surface area contributed by atoms with Crippen LogP contribution in [0.2, 0.25) is 0 Å². The molecular weight excluding hydrogens is 268 g/mol. The van der Waals surface area contributed by atoms with Crippen LogP contribution in [-0.4, -0.2) is 21.1 Å². The number of rotatable bonds is 2. The highest BCUT2D eigenvalue weighted by molar-refractivity contribution is 7.99. The monoisotopic (exact) mass is 286 g/mol. The molecule has 2 heterocycles. The van der Waals surface area contributed by atoms with Gasteiger partial charge in [0, 0.05) is 23.3 Å². The van der Waals surface area contributed by atoms with Crippen LogP contribution in [0.1, 0.15) is 31.3 Å². The Balaban J connectivity index is 2.19. The number of carbonyl (C=O) groups excluding carboxylic acids is 1. The average molecular weight is 286 g/mol. The van der Waals surface area contributed by atoms with E-state index in [9.17, 15) is 4.79 Å². The number of benzene rings is 1. The molecule has 3 rings (SSSR count). The van der Waals surface area contributed by atoms with E-state index in [-0.39, 0.29) is 5.78 Å². The van der Waals surface area contributed by atoms with Gasteiger partial charge in [-0.25, -0.2) is 4.98 Å². The zero-order valence-corrected chi connectivity index (χ0v) is 12.8. The van der Waals surface area contributed by atoms with Crippen molar-refractivity contribution in [2.75, 3.05) is 5.75 Å². The van der Waals surface area contributed by atoms with Crippen molar-refractivity contribution in [1.29, 1.82) is 0 Å². The molecule has 0 N–H and O–H groups in total. The van der Waals surface area contributed by atoms with Gasteiger partial charge in [0.2, 0.25) is 0 Å². The molecule has 0 spiro atoms. The molecule has 0 aliphatic carbocycles. The largest absolute Gasteiger partial charge is 0.315 e. The molecule has 0 amide bonds. The van der Waals surface area contributed by atoms with Crippen LogP contribution in [0.25, 0.3) is 11.3 Å². The Morgan fingerprint density at radius 3 is 2.60 bits per heavy atom. The van der Waals surface area contributed by atoms with E-state index in [4.69, 9.17) is 4.98 Å². The summed E-state index contributed by atoms with van der Waals surface area (Å²) in [5.41, 5.74) is 2.21. The van der Waals surface area contributed by atoms with Crippen LogP contribution in [0, 0.1) is 5.41 Å². The van der Waals surface area contributed by atoms with E-state index in [0.29, 0.717) is 0 Å². The van der Waals surface area contributed by atoms with Crippen LogP contribution in [0.3, 0.4) is 0 Å². The normalized spacial score (nSPS) is 14.3. The second-order valence-electron chi connectivity index (χ2n) is 6.04. The molecule has 0 bridgehead atoms. The quantitative estimate of drug-likeness (QED) is 0.786. The molecule has 0 saturated heterocycles. The summed E-state index contributed by atoms with van der Waals surface area (Å²) in [6.07, 6.45) is 0. The predicted octanol–water partition coefficient (Wildman–Crippen LogP) is 3.88. The zero-order valence-electron chi connectivity index (χ0n) is 12.0. The molecule has 1 aromatic carbocycles. The molecular formula is C16H18N2OS. The van der Waals surface area contributed by atoms with E-state index < -0.39 is 5.41 Å². The summed E-state index contributed by atoms with van der Waals surface area (Å²) in [6.45, 7) is 6.77. The second-order valence-corrected chi connectivity index (χ2v) is 7.10. The van der Waals surface area contributed by atoms with Gasteiger partial charge in [-0.15, -0.1) is 0 Å². The Morgan fingerprint density at radius 2 is 1.95 bits per heavy atom. The molecule has 20 heavy (non-hydrogen) atoms. The van der Waals surface area contributed by atoms with E-state index in [1.807, 2.05) is 51.1 Å². The first-order valence-corrected chi connectivity index (χ1v) is 7.80. The smallest absolute Gasteiger partial charge is 0.186 e. The maximum absolute atomic E-state index is 12.8. The average Bonchev–Trinajstić information content (AvgIpc) is 2.97. The van der Waals surface area contributed by atoms with Crippen molar-refractivity contribution in [3.05, 3.63) is 36.0 Å². The third-order valence-electron chi connectivity index (χ3n) is 3.42. The van der Waals surface area contributed by atoms with Gasteiger partial charge in [0.25, 0.3) is 0 Å². The maximum atomic E-state index is 12.8. The third-order valence-corrected chi connectivity index (χ3v) is 4.38. The topological polar surface area (TPSA) is 34.9 Å². The van der Waals surface area contributed by atoms with Crippen LogP contribution >= 0.6 is 11.8 Å². The van der Waals surface area contributed by atoms with Crippen molar-refractivity contribution in [1.82, 2.24) is 9.55 Å². The van der Waals surface area contributed by atoms with Gasteiger partial charge in [-0.05, 0) is 0 Å². The van der Waals surface area contributed by atoms with Crippen LogP contribution < -0.4 is 0 Å². The van der Waals surface area contributed by atoms with Crippen molar-refractivity contribution in [2.24, 2.45) is 5.41 Å². The first kappa shape index (κ1) is 13.4. The Labute approximate surface area is 123 Å². The van der Waals surface area contributed by atoms with Gasteiger partial charge >= 0.3 is 0 Å². The third kappa shape index (κ3) is 2.18. The fourth-order valence-electron chi connectivity index (χ4n) is 2.36. The minimum Gasteiger partial charge on any atom is -0.315 e. The zero-order chi connectivity index (χ0) is 14.3. The second kappa shape index (κ2) is 4.77. The number of hydrogen-bond acceptors (Lipinski definition) is 3. The molecule has 0 atom stereocenters. The molecule has 4 heteroatoms. The predicted molar refractivity (Wildman–Crippen MR) is 82.2 cm³/mol. The van der Waals surface area contributed by atoms with Crippen molar-refractivity contribution < 1.29 is 4.79 Å². The Hall–Kier alpha value is -1.55.